The average molecular weight is 668 g/mol. The SMILES string of the molecule is Cc1cc(NN(c2cc(C)c(O)c(C)c2)N(c2cc(C)c(O)c(C)c2)N(Nc2cccc(Cl)c2)c2cc(C)c(O)c(C)c2)cc(C)c1O. The molecule has 6 N–H and O–H groups in total. The van der Waals surface area contributed by atoms with Gasteiger partial charge in [-0.25, -0.2) is 0 Å². The highest BCUT2D eigenvalue weighted by Gasteiger charge is 2.29. The van der Waals surface area contributed by atoms with Gasteiger partial charge in [-0.15, -0.1) is 0 Å². The summed E-state index contributed by atoms with van der Waals surface area (Å²) in [6.07, 6.45) is 0. The zero-order valence-electron chi connectivity index (χ0n) is 28.4. The molecule has 5 rings (SSSR count). The third kappa shape index (κ3) is 6.82. The van der Waals surface area contributed by atoms with Crippen LogP contribution in [0.25, 0.3) is 0 Å². The van der Waals surface area contributed by atoms with Gasteiger partial charge in [-0.2, -0.15) is 15.4 Å². The first-order chi connectivity index (χ1) is 22.6. The van der Waals surface area contributed by atoms with E-state index in [4.69, 9.17) is 11.6 Å². The number of nitrogens with one attached hydrogen (secondary N) is 2. The molecular weight excluding hydrogens is 626 g/mol. The fourth-order valence-electron chi connectivity index (χ4n) is 5.75. The number of nitrogens with zero attached hydrogens (tertiary/aromatic N) is 3. The first-order valence-electron chi connectivity index (χ1n) is 15.5. The zero-order chi connectivity index (χ0) is 35.0. The highest BCUT2D eigenvalue weighted by atomic mass is 35.5. The Morgan fingerprint density at radius 3 is 1.15 bits per heavy atom. The molecule has 250 valence electrons. The number of aryl methyl sites for hydroxylation is 8. The fourth-order valence-corrected chi connectivity index (χ4v) is 5.94. The standard InChI is InChI=1S/C38H42ClN5O4/c1-21-12-31(13-22(2)35(21)45)41-43(33-16-25(5)37(47)26(6)17-33)44(34-18-27(7)38(48)28(8)19-34)42(40-30-11-9-10-29(39)20-30)32-14-23(3)36(46)24(4)15-32/h9-20,40-41,45-48H,1-8H3. The van der Waals surface area contributed by atoms with E-state index in [1.165, 1.54) is 0 Å². The average Bonchev–Trinajstić information content (AvgIpc) is 3.02. The number of phenols is 4. The molecule has 0 saturated carbocycles. The van der Waals surface area contributed by atoms with E-state index in [0.717, 1.165) is 0 Å². The third-order valence-corrected chi connectivity index (χ3v) is 8.55. The zero-order valence-corrected chi connectivity index (χ0v) is 29.2. The van der Waals surface area contributed by atoms with Crippen LogP contribution in [0.2, 0.25) is 5.02 Å². The number of hydrazine groups is 4. The minimum absolute atomic E-state index is 0.185. The Kier molecular flexibility index (Phi) is 9.45. The first kappa shape index (κ1) is 33.9. The summed E-state index contributed by atoms with van der Waals surface area (Å²) in [4.78, 5) is 0. The molecule has 0 heterocycles. The maximum absolute atomic E-state index is 10.8. The maximum Gasteiger partial charge on any atom is 0.121 e. The molecular formula is C38H42ClN5O4. The second-order valence-electron chi connectivity index (χ2n) is 12.4. The topological polar surface area (TPSA) is 115 Å². The van der Waals surface area contributed by atoms with Crippen LogP contribution in [-0.2, 0) is 0 Å². The molecule has 9 nitrogen and oxygen atoms in total. The molecule has 0 fully saturated rings. The monoisotopic (exact) mass is 667 g/mol. The van der Waals surface area contributed by atoms with Crippen LogP contribution >= 0.6 is 11.6 Å². The molecule has 0 aliphatic carbocycles. The van der Waals surface area contributed by atoms with E-state index >= 15 is 0 Å². The van der Waals surface area contributed by atoms with Gasteiger partial charge >= 0.3 is 0 Å². The Hall–Kier alpha value is -5.41. The van der Waals surface area contributed by atoms with E-state index < -0.39 is 0 Å². The normalized spacial score (nSPS) is 10.9. The lowest BCUT2D eigenvalue weighted by atomic mass is 10.1. The number of aromatic hydroxyl groups is 4. The van der Waals surface area contributed by atoms with Gasteiger partial charge in [0.05, 0.1) is 28.4 Å². The molecule has 5 aromatic rings. The van der Waals surface area contributed by atoms with Crippen LogP contribution in [0.1, 0.15) is 44.5 Å². The molecule has 48 heavy (non-hydrogen) atoms. The first-order valence-corrected chi connectivity index (χ1v) is 15.9. The van der Waals surface area contributed by atoms with E-state index in [0.29, 0.717) is 78.0 Å². The summed E-state index contributed by atoms with van der Waals surface area (Å²) >= 11 is 6.46. The predicted octanol–water partition coefficient (Wildman–Crippen LogP) is 9.33. The Balaban J connectivity index is 1.86. The molecule has 10 heteroatoms. The van der Waals surface area contributed by atoms with Crippen molar-refractivity contribution in [3.63, 3.8) is 0 Å². The van der Waals surface area contributed by atoms with Gasteiger partial charge in [0.1, 0.15) is 23.0 Å². The van der Waals surface area contributed by atoms with Crippen LogP contribution in [0.5, 0.6) is 23.0 Å². The molecule has 5 aromatic carbocycles. The largest absolute Gasteiger partial charge is 0.507 e. The van der Waals surface area contributed by atoms with Gasteiger partial charge < -0.3 is 20.4 Å². The molecule has 0 unspecified atom stereocenters. The van der Waals surface area contributed by atoms with E-state index in [1.807, 2.05) is 131 Å². The van der Waals surface area contributed by atoms with Crippen molar-refractivity contribution in [3.05, 3.63) is 122 Å². The van der Waals surface area contributed by atoms with Crippen molar-refractivity contribution in [1.29, 1.82) is 0 Å². The number of rotatable bonds is 9. The van der Waals surface area contributed by atoms with Crippen molar-refractivity contribution in [3.8, 4) is 23.0 Å². The van der Waals surface area contributed by atoms with Gasteiger partial charge in [0.15, 0.2) is 0 Å². The summed E-state index contributed by atoms with van der Waals surface area (Å²) in [5.41, 5.74) is 15.8. The summed E-state index contributed by atoms with van der Waals surface area (Å²) < 4.78 is 0. The molecule has 0 aliphatic rings. The van der Waals surface area contributed by atoms with Crippen molar-refractivity contribution < 1.29 is 20.4 Å². The second kappa shape index (κ2) is 13.4. The quantitative estimate of drug-likeness (QED) is 0.0676. The number of hydrogen-bond acceptors (Lipinski definition) is 9. The van der Waals surface area contributed by atoms with Crippen molar-refractivity contribution in [2.75, 3.05) is 26.2 Å². The van der Waals surface area contributed by atoms with Gasteiger partial charge in [-0.3, -0.25) is 10.9 Å². The summed E-state index contributed by atoms with van der Waals surface area (Å²) in [7, 11) is 0. The van der Waals surface area contributed by atoms with Gasteiger partial charge in [-0.1, -0.05) is 17.7 Å². The molecule has 0 amide bonds. The Bertz CT molecular complexity index is 1920. The number of halogens is 1. The van der Waals surface area contributed by atoms with Gasteiger partial charge in [0, 0.05) is 5.02 Å². The molecule has 0 radical (unpaired) electrons. The van der Waals surface area contributed by atoms with Crippen LogP contribution in [0.4, 0.5) is 28.4 Å². The fraction of sp³-hybridized carbons (Fsp3) is 0.211. The van der Waals surface area contributed by atoms with Crippen molar-refractivity contribution in [1.82, 2.24) is 0 Å². The molecule has 0 aliphatic heterocycles. The number of benzene rings is 5. The van der Waals surface area contributed by atoms with Crippen LogP contribution in [-0.4, -0.2) is 20.4 Å². The Labute approximate surface area is 286 Å². The summed E-state index contributed by atoms with van der Waals surface area (Å²) in [5, 5.41) is 49.1. The summed E-state index contributed by atoms with van der Waals surface area (Å²) in [6.45, 7) is 14.7. The van der Waals surface area contributed by atoms with Crippen LogP contribution in [0.15, 0.2) is 72.8 Å². The smallest absolute Gasteiger partial charge is 0.121 e. The molecule has 0 spiro atoms. The lowest BCUT2D eigenvalue weighted by Gasteiger charge is -2.46. The van der Waals surface area contributed by atoms with Gasteiger partial charge in [0.25, 0.3) is 0 Å². The van der Waals surface area contributed by atoms with E-state index in [2.05, 4.69) is 10.9 Å². The van der Waals surface area contributed by atoms with Crippen LogP contribution < -0.4 is 26.2 Å². The van der Waals surface area contributed by atoms with Crippen molar-refractivity contribution in [2.24, 2.45) is 0 Å². The second-order valence-corrected chi connectivity index (χ2v) is 12.8. The maximum atomic E-state index is 10.8. The highest BCUT2D eigenvalue weighted by Crippen LogP contribution is 2.38. The predicted molar refractivity (Wildman–Crippen MR) is 196 cm³/mol. The molecule has 0 bridgehead atoms. The van der Waals surface area contributed by atoms with E-state index in [9.17, 15) is 20.4 Å². The number of phenolic OH excluding ortho intramolecular Hbond substituents is 4. The third-order valence-electron chi connectivity index (χ3n) is 8.31. The molecule has 0 aromatic heterocycles. The minimum Gasteiger partial charge on any atom is -0.507 e. The lowest BCUT2D eigenvalue weighted by molar-refractivity contribution is 0.466. The highest BCUT2D eigenvalue weighted by molar-refractivity contribution is 6.30. The Morgan fingerprint density at radius 1 is 0.438 bits per heavy atom. The Morgan fingerprint density at radius 2 is 0.771 bits per heavy atom. The van der Waals surface area contributed by atoms with Crippen LogP contribution in [0.3, 0.4) is 0 Å². The molecule has 0 atom stereocenters. The molecule has 0 saturated heterocycles. The summed E-state index contributed by atoms with van der Waals surface area (Å²) in [5.74, 6) is 0.782. The van der Waals surface area contributed by atoms with Gasteiger partial charge in [0.2, 0.25) is 0 Å². The minimum atomic E-state index is 0.185. The number of hydrogen-bond donors (Lipinski definition) is 6. The van der Waals surface area contributed by atoms with E-state index in [-0.39, 0.29) is 23.0 Å². The lowest BCUT2D eigenvalue weighted by Crippen LogP contribution is -2.59. The summed E-state index contributed by atoms with van der Waals surface area (Å²) in [6, 6.07) is 22.3. The van der Waals surface area contributed by atoms with Gasteiger partial charge in [-0.05, 0) is 167 Å². The van der Waals surface area contributed by atoms with Crippen molar-refractivity contribution >= 4 is 40.0 Å². The number of anilines is 5. The van der Waals surface area contributed by atoms with E-state index in [1.54, 1.807) is 12.1 Å². The van der Waals surface area contributed by atoms with Crippen molar-refractivity contribution in [2.45, 2.75) is 55.4 Å². The van der Waals surface area contributed by atoms with Crippen LogP contribution in [0, 0.1) is 55.4 Å².